The fourth-order valence-corrected chi connectivity index (χ4v) is 1.87. The van der Waals surface area contributed by atoms with E-state index in [9.17, 15) is 9.59 Å². The maximum Gasteiger partial charge on any atom is 0.323 e. The Bertz CT molecular complexity index is 452. The van der Waals surface area contributed by atoms with Crippen molar-refractivity contribution in [3.8, 4) is 0 Å². The maximum atomic E-state index is 11.0. The molecule has 0 saturated heterocycles. The van der Waals surface area contributed by atoms with Gasteiger partial charge in [0.25, 0.3) is 0 Å². The van der Waals surface area contributed by atoms with E-state index in [1.807, 2.05) is 4.90 Å². The zero-order valence-electron chi connectivity index (χ0n) is 10.0. The number of hydrogen-bond donors (Lipinski definition) is 2. The number of hydrogen-bond acceptors (Lipinski definition) is 3. The summed E-state index contributed by atoms with van der Waals surface area (Å²) in [5, 5.41) is 8.91. The van der Waals surface area contributed by atoms with E-state index in [4.69, 9.17) is 10.8 Å². The van der Waals surface area contributed by atoms with Gasteiger partial charge >= 0.3 is 5.97 Å². The molecule has 5 heteroatoms. The van der Waals surface area contributed by atoms with Gasteiger partial charge in [0, 0.05) is 17.8 Å². The zero-order chi connectivity index (χ0) is 13.1. The Labute approximate surface area is 105 Å². The lowest BCUT2D eigenvalue weighted by molar-refractivity contribution is -0.135. The lowest BCUT2D eigenvalue weighted by Crippen LogP contribution is -2.31. The fourth-order valence-electron chi connectivity index (χ4n) is 1.87. The number of carbonyl (C=O) groups is 2. The largest absolute Gasteiger partial charge is 0.480 e. The molecule has 1 amide bonds. The monoisotopic (exact) mass is 248 g/mol. The van der Waals surface area contributed by atoms with Crippen LogP contribution in [0.5, 0.6) is 0 Å². The molecule has 0 heterocycles. The molecule has 1 fully saturated rings. The molecule has 0 spiro atoms. The average Bonchev–Trinajstić information content (AvgIpc) is 3.12. The summed E-state index contributed by atoms with van der Waals surface area (Å²) in [6, 6.07) is 6.73. The third-order valence-corrected chi connectivity index (χ3v) is 3.02. The minimum Gasteiger partial charge on any atom is -0.480 e. The topological polar surface area (TPSA) is 83.6 Å². The van der Waals surface area contributed by atoms with Crippen LogP contribution in [0.1, 0.15) is 23.2 Å². The SMILES string of the molecule is NC(=O)c1ccc(N(CC(=O)O)CC2CC2)cc1. The van der Waals surface area contributed by atoms with Crippen LogP contribution in [0.3, 0.4) is 0 Å². The fraction of sp³-hybridized carbons (Fsp3) is 0.385. The normalized spacial score (nSPS) is 14.2. The molecule has 3 N–H and O–H groups in total. The molecule has 1 aliphatic rings. The van der Waals surface area contributed by atoms with Crippen molar-refractivity contribution < 1.29 is 14.7 Å². The highest BCUT2D eigenvalue weighted by Crippen LogP contribution is 2.31. The van der Waals surface area contributed by atoms with Crippen LogP contribution in [0.2, 0.25) is 0 Å². The number of aliphatic carboxylic acids is 1. The second-order valence-corrected chi connectivity index (χ2v) is 4.63. The van der Waals surface area contributed by atoms with Gasteiger partial charge in [0.1, 0.15) is 6.54 Å². The molecular weight excluding hydrogens is 232 g/mol. The first-order valence-electron chi connectivity index (χ1n) is 5.93. The van der Waals surface area contributed by atoms with Gasteiger partial charge in [-0.05, 0) is 43.0 Å². The summed E-state index contributed by atoms with van der Waals surface area (Å²) < 4.78 is 0. The molecule has 0 radical (unpaired) electrons. The van der Waals surface area contributed by atoms with E-state index >= 15 is 0 Å². The summed E-state index contributed by atoms with van der Waals surface area (Å²) >= 11 is 0. The Balaban J connectivity index is 2.12. The summed E-state index contributed by atoms with van der Waals surface area (Å²) in [5.74, 6) is -0.733. The Hall–Kier alpha value is -2.04. The molecule has 0 bridgehead atoms. The minimum atomic E-state index is -0.852. The number of amides is 1. The van der Waals surface area contributed by atoms with E-state index in [1.54, 1.807) is 24.3 Å². The number of carboxylic acid groups (broad SMARTS) is 1. The molecule has 1 saturated carbocycles. The van der Waals surface area contributed by atoms with Gasteiger partial charge in [0.05, 0.1) is 0 Å². The quantitative estimate of drug-likeness (QED) is 0.789. The Morgan fingerprint density at radius 2 is 1.89 bits per heavy atom. The van der Waals surface area contributed by atoms with E-state index in [-0.39, 0.29) is 6.54 Å². The summed E-state index contributed by atoms with van der Waals surface area (Å²) in [6.45, 7) is 0.731. The Morgan fingerprint density at radius 3 is 2.33 bits per heavy atom. The predicted octanol–water partition coefficient (Wildman–Crippen LogP) is 1.09. The lowest BCUT2D eigenvalue weighted by Gasteiger charge is -2.22. The first-order chi connectivity index (χ1) is 8.56. The molecular formula is C13H16N2O3. The zero-order valence-corrected chi connectivity index (χ0v) is 10.0. The minimum absolute atomic E-state index is 0.0214. The van der Waals surface area contributed by atoms with Crippen LogP contribution in [0.15, 0.2) is 24.3 Å². The van der Waals surface area contributed by atoms with Gasteiger partial charge in [0.2, 0.25) is 5.91 Å². The standard InChI is InChI=1S/C13H16N2O3/c14-13(18)10-3-5-11(6-4-10)15(8-12(16)17)7-9-1-2-9/h3-6,9H,1-2,7-8H2,(H2,14,18)(H,16,17). The van der Waals surface area contributed by atoms with Crippen molar-refractivity contribution in [2.75, 3.05) is 18.0 Å². The van der Waals surface area contributed by atoms with Crippen LogP contribution in [-0.4, -0.2) is 30.1 Å². The number of benzene rings is 1. The smallest absolute Gasteiger partial charge is 0.323 e. The summed E-state index contributed by atoms with van der Waals surface area (Å²) in [6.07, 6.45) is 2.32. The van der Waals surface area contributed by atoms with Crippen LogP contribution in [-0.2, 0) is 4.79 Å². The van der Waals surface area contributed by atoms with E-state index < -0.39 is 11.9 Å². The molecule has 96 valence electrons. The van der Waals surface area contributed by atoms with Gasteiger partial charge in [-0.3, -0.25) is 9.59 Å². The van der Waals surface area contributed by atoms with Gasteiger partial charge in [-0.25, -0.2) is 0 Å². The van der Waals surface area contributed by atoms with E-state index in [2.05, 4.69) is 0 Å². The molecule has 1 aliphatic carbocycles. The van der Waals surface area contributed by atoms with Gasteiger partial charge in [0.15, 0.2) is 0 Å². The van der Waals surface area contributed by atoms with Crippen molar-refractivity contribution in [1.29, 1.82) is 0 Å². The van der Waals surface area contributed by atoms with E-state index in [1.165, 1.54) is 0 Å². The van der Waals surface area contributed by atoms with Gasteiger partial charge in [-0.2, -0.15) is 0 Å². The third kappa shape index (κ3) is 3.23. The first kappa shape index (κ1) is 12.4. The van der Waals surface area contributed by atoms with Crippen LogP contribution in [0, 0.1) is 5.92 Å². The number of carbonyl (C=O) groups excluding carboxylic acids is 1. The summed E-state index contributed by atoms with van der Waals surface area (Å²) in [4.78, 5) is 23.6. The van der Waals surface area contributed by atoms with Crippen LogP contribution in [0.25, 0.3) is 0 Å². The van der Waals surface area contributed by atoms with Crippen molar-refractivity contribution in [2.24, 2.45) is 11.7 Å². The molecule has 0 unspecified atom stereocenters. The molecule has 0 atom stereocenters. The van der Waals surface area contributed by atoms with E-state index in [0.717, 1.165) is 25.1 Å². The summed E-state index contributed by atoms with van der Waals surface area (Å²) in [7, 11) is 0. The van der Waals surface area contributed by atoms with Crippen LogP contribution in [0.4, 0.5) is 5.69 Å². The maximum absolute atomic E-state index is 11.0. The first-order valence-corrected chi connectivity index (χ1v) is 5.93. The summed E-state index contributed by atoms with van der Waals surface area (Å²) in [5.41, 5.74) is 6.41. The second-order valence-electron chi connectivity index (χ2n) is 4.63. The van der Waals surface area contributed by atoms with Crippen molar-refractivity contribution in [3.05, 3.63) is 29.8 Å². The van der Waals surface area contributed by atoms with Crippen molar-refractivity contribution in [3.63, 3.8) is 0 Å². The number of nitrogens with zero attached hydrogens (tertiary/aromatic N) is 1. The van der Waals surface area contributed by atoms with Crippen molar-refractivity contribution >= 4 is 17.6 Å². The van der Waals surface area contributed by atoms with Gasteiger partial charge in [-0.15, -0.1) is 0 Å². The number of nitrogens with two attached hydrogens (primary N) is 1. The number of carboxylic acids is 1. The molecule has 1 aromatic carbocycles. The number of rotatable bonds is 6. The number of primary amides is 1. The van der Waals surface area contributed by atoms with Crippen molar-refractivity contribution in [1.82, 2.24) is 0 Å². The molecule has 5 nitrogen and oxygen atoms in total. The predicted molar refractivity (Wildman–Crippen MR) is 67.5 cm³/mol. The van der Waals surface area contributed by atoms with Gasteiger partial charge in [-0.1, -0.05) is 0 Å². The van der Waals surface area contributed by atoms with Crippen LogP contribution < -0.4 is 10.6 Å². The highest BCUT2D eigenvalue weighted by molar-refractivity contribution is 5.93. The number of anilines is 1. The second kappa shape index (κ2) is 5.08. The van der Waals surface area contributed by atoms with Gasteiger partial charge < -0.3 is 15.7 Å². The third-order valence-electron chi connectivity index (χ3n) is 3.02. The Morgan fingerprint density at radius 1 is 1.28 bits per heavy atom. The van der Waals surface area contributed by atoms with E-state index in [0.29, 0.717) is 11.5 Å². The lowest BCUT2D eigenvalue weighted by atomic mass is 10.2. The molecule has 0 aliphatic heterocycles. The molecule has 0 aromatic heterocycles. The highest BCUT2D eigenvalue weighted by Gasteiger charge is 2.25. The average molecular weight is 248 g/mol. The molecule has 1 aromatic rings. The molecule has 2 rings (SSSR count). The highest BCUT2D eigenvalue weighted by atomic mass is 16.4. The Kier molecular flexibility index (Phi) is 3.50. The van der Waals surface area contributed by atoms with Crippen molar-refractivity contribution in [2.45, 2.75) is 12.8 Å². The van der Waals surface area contributed by atoms with Crippen LogP contribution >= 0.6 is 0 Å². The molecule has 18 heavy (non-hydrogen) atoms.